The minimum atomic E-state index is -0.162. The number of nitrogens with one attached hydrogen (secondary N) is 2. The Morgan fingerprint density at radius 3 is 2.93 bits per heavy atom. The predicted octanol–water partition coefficient (Wildman–Crippen LogP) is 2.81. The zero-order valence-electron chi connectivity index (χ0n) is 16.1. The molecule has 3 aromatic heterocycles. The normalized spacial score (nSPS) is 16.9. The van der Waals surface area contributed by atoms with Gasteiger partial charge in [-0.1, -0.05) is 0 Å². The van der Waals surface area contributed by atoms with Gasteiger partial charge in [0.15, 0.2) is 5.82 Å². The molecule has 1 unspecified atom stereocenters. The van der Waals surface area contributed by atoms with E-state index in [0.717, 1.165) is 30.7 Å². The van der Waals surface area contributed by atoms with E-state index in [9.17, 15) is 4.79 Å². The van der Waals surface area contributed by atoms with Crippen LogP contribution in [0.15, 0.2) is 43.3 Å². The van der Waals surface area contributed by atoms with E-state index in [1.165, 1.54) is 0 Å². The largest absolute Gasteiger partial charge is 0.345 e. The summed E-state index contributed by atoms with van der Waals surface area (Å²) >= 11 is 0. The monoisotopic (exact) mass is 390 g/mol. The smallest absolute Gasteiger partial charge is 0.247 e. The summed E-state index contributed by atoms with van der Waals surface area (Å²) in [5.74, 6) is 1.83. The van der Waals surface area contributed by atoms with Crippen LogP contribution in [-0.2, 0) is 4.79 Å². The van der Waals surface area contributed by atoms with Crippen LogP contribution in [-0.4, -0.2) is 47.3 Å². The number of imidazole rings is 1. The number of hydrogen-bond donors (Lipinski definition) is 2. The summed E-state index contributed by atoms with van der Waals surface area (Å²) in [7, 11) is 0. The molecule has 0 bridgehead atoms. The van der Waals surface area contributed by atoms with Crippen LogP contribution in [0.5, 0.6) is 0 Å². The lowest BCUT2D eigenvalue weighted by molar-refractivity contribution is -0.129. The Labute approximate surface area is 168 Å². The molecule has 4 heterocycles. The van der Waals surface area contributed by atoms with Gasteiger partial charge in [0.25, 0.3) is 0 Å². The van der Waals surface area contributed by atoms with Gasteiger partial charge in [-0.25, -0.2) is 19.9 Å². The molecule has 1 atom stereocenters. The number of aromatic amines is 1. The molecule has 0 radical (unpaired) electrons. The lowest BCUT2D eigenvalue weighted by Crippen LogP contribution is -2.38. The van der Waals surface area contributed by atoms with Crippen molar-refractivity contribution in [2.24, 2.45) is 0 Å². The van der Waals surface area contributed by atoms with Gasteiger partial charge in [-0.2, -0.15) is 0 Å². The number of piperidine rings is 1. The van der Waals surface area contributed by atoms with Crippen LogP contribution >= 0.6 is 0 Å². The Morgan fingerprint density at radius 2 is 2.14 bits per heavy atom. The number of hydrogen-bond acceptors (Lipinski definition) is 7. The van der Waals surface area contributed by atoms with Crippen molar-refractivity contribution in [1.82, 2.24) is 34.8 Å². The van der Waals surface area contributed by atoms with Gasteiger partial charge < -0.3 is 15.2 Å². The van der Waals surface area contributed by atoms with Crippen LogP contribution in [0, 0.1) is 6.92 Å². The van der Waals surface area contributed by atoms with Gasteiger partial charge in [0, 0.05) is 36.8 Å². The van der Waals surface area contributed by atoms with Crippen molar-refractivity contribution >= 4 is 23.6 Å². The van der Waals surface area contributed by atoms with Crippen LogP contribution in [0.2, 0.25) is 0 Å². The molecule has 0 aliphatic carbocycles. The van der Waals surface area contributed by atoms with Crippen molar-refractivity contribution < 1.29 is 4.79 Å². The number of rotatable bonds is 5. The van der Waals surface area contributed by atoms with Crippen LogP contribution in [0.4, 0.5) is 11.6 Å². The van der Waals surface area contributed by atoms with Gasteiger partial charge in [0.1, 0.15) is 11.6 Å². The van der Waals surface area contributed by atoms with Crippen LogP contribution < -0.4 is 5.32 Å². The SMILES string of the molecule is Cc1cc(Nc2cnccn2)nc(C2CCCCN2C(=O)/C=C/c2cnc[nH]2)n1. The van der Waals surface area contributed by atoms with Gasteiger partial charge >= 0.3 is 0 Å². The first-order valence-electron chi connectivity index (χ1n) is 9.55. The zero-order valence-corrected chi connectivity index (χ0v) is 16.1. The van der Waals surface area contributed by atoms with E-state index in [2.05, 4.69) is 35.2 Å². The van der Waals surface area contributed by atoms with Gasteiger partial charge in [-0.05, 0) is 32.3 Å². The number of carbonyl (C=O) groups excluding carboxylic acids is 1. The first kappa shape index (κ1) is 18.7. The van der Waals surface area contributed by atoms with Gasteiger partial charge in [0.2, 0.25) is 5.91 Å². The molecule has 0 saturated carbocycles. The highest BCUT2D eigenvalue weighted by atomic mass is 16.2. The number of carbonyl (C=O) groups is 1. The van der Waals surface area contributed by atoms with Gasteiger partial charge in [-0.15, -0.1) is 0 Å². The lowest BCUT2D eigenvalue weighted by Gasteiger charge is -2.34. The number of H-pyrrole nitrogens is 1. The number of anilines is 2. The van der Waals surface area contributed by atoms with Crippen molar-refractivity contribution in [1.29, 1.82) is 0 Å². The van der Waals surface area contributed by atoms with Crippen LogP contribution in [0.25, 0.3) is 6.08 Å². The van der Waals surface area contributed by atoms with E-state index < -0.39 is 0 Å². The summed E-state index contributed by atoms with van der Waals surface area (Å²) in [4.78, 5) is 39.2. The highest BCUT2D eigenvalue weighted by Gasteiger charge is 2.29. The predicted molar refractivity (Wildman–Crippen MR) is 108 cm³/mol. The number of aromatic nitrogens is 6. The molecular weight excluding hydrogens is 368 g/mol. The molecule has 1 fully saturated rings. The van der Waals surface area contributed by atoms with E-state index in [-0.39, 0.29) is 11.9 Å². The fourth-order valence-electron chi connectivity index (χ4n) is 3.38. The third-order valence-electron chi connectivity index (χ3n) is 4.70. The number of amides is 1. The van der Waals surface area contributed by atoms with Crippen LogP contribution in [0.1, 0.15) is 42.5 Å². The minimum Gasteiger partial charge on any atom is -0.345 e. The number of likely N-dealkylation sites (tertiary alicyclic amines) is 1. The fourth-order valence-corrected chi connectivity index (χ4v) is 3.38. The zero-order chi connectivity index (χ0) is 20.1. The Morgan fingerprint density at radius 1 is 1.21 bits per heavy atom. The fraction of sp³-hybridized carbons (Fsp3) is 0.300. The summed E-state index contributed by atoms with van der Waals surface area (Å²) in [6.07, 6.45) is 14.3. The van der Waals surface area contributed by atoms with Crippen molar-refractivity contribution in [3.63, 3.8) is 0 Å². The van der Waals surface area contributed by atoms with E-state index in [4.69, 9.17) is 0 Å². The quantitative estimate of drug-likeness (QED) is 0.644. The number of aryl methyl sites for hydroxylation is 1. The molecule has 1 aliphatic rings. The van der Waals surface area contributed by atoms with Crippen molar-refractivity contribution in [2.45, 2.75) is 32.2 Å². The Hall–Kier alpha value is -3.62. The summed E-state index contributed by atoms with van der Waals surface area (Å²) in [6.45, 7) is 2.60. The average molecular weight is 390 g/mol. The minimum absolute atomic E-state index is 0.0576. The molecule has 1 saturated heterocycles. The molecule has 0 aromatic carbocycles. The topological polar surface area (TPSA) is 113 Å². The van der Waals surface area contributed by atoms with Gasteiger partial charge in [0.05, 0.1) is 30.5 Å². The van der Waals surface area contributed by atoms with Crippen LogP contribution in [0.3, 0.4) is 0 Å². The number of nitrogens with zero attached hydrogens (tertiary/aromatic N) is 6. The maximum atomic E-state index is 12.9. The summed E-state index contributed by atoms with van der Waals surface area (Å²) in [5, 5.41) is 3.16. The van der Waals surface area contributed by atoms with E-state index in [0.29, 0.717) is 24.0 Å². The maximum absolute atomic E-state index is 12.9. The molecular formula is C20H22N8O. The Kier molecular flexibility index (Phi) is 5.55. The molecule has 9 heteroatoms. The molecule has 3 aromatic rings. The maximum Gasteiger partial charge on any atom is 0.247 e. The van der Waals surface area contributed by atoms with Crippen molar-refractivity contribution in [2.75, 3.05) is 11.9 Å². The molecule has 29 heavy (non-hydrogen) atoms. The Balaban J connectivity index is 1.57. The van der Waals surface area contributed by atoms with E-state index in [1.807, 2.05) is 17.9 Å². The molecule has 2 N–H and O–H groups in total. The summed E-state index contributed by atoms with van der Waals surface area (Å²) in [6, 6.07) is 1.69. The third kappa shape index (κ3) is 4.63. The molecule has 4 rings (SSSR count). The van der Waals surface area contributed by atoms with E-state index >= 15 is 0 Å². The highest BCUT2D eigenvalue weighted by molar-refractivity contribution is 5.91. The lowest BCUT2D eigenvalue weighted by atomic mass is 10.0. The highest BCUT2D eigenvalue weighted by Crippen LogP contribution is 2.30. The van der Waals surface area contributed by atoms with Crippen molar-refractivity contribution in [3.05, 3.63) is 60.5 Å². The van der Waals surface area contributed by atoms with Gasteiger partial charge in [-0.3, -0.25) is 9.78 Å². The first-order chi connectivity index (χ1) is 14.2. The average Bonchev–Trinajstić information content (AvgIpc) is 3.26. The summed E-state index contributed by atoms with van der Waals surface area (Å²) in [5.41, 5.74) is 1.61. The van der Waals surface area contributed by atoms with E-state index in [1.54, 1.807) is 43.3 Å². The second kappa shape index (κ2) is 8.59. The molecule has 148 valence electrons. The molecule has 0 spiro atoms. The molecule has 1 aliphatic heterocycles. The third-order valence-corrected chi connectivity index (χ3v) is 4.70. The van der Waals surface area contributed by atoms with Crippen molar-refractivity contribution in [3.8, 4) is 0 Å². The summed E-state index contributed by atoms with van der Waals surface area (Å²) < 4.78 is 0. The molecule has 1 amide bonds. The first-order valence-corrected chi connectivity index (χ1v) is 9.55. The standard InChI is InChI=1S/C20H22N8O/c1-14-10-17(26-18-12-21-7-8-23-18)27-20(25-14)16-4-2-3-9-28(16)19(29)6-5-15-11-22-13-24-15/h5-8,10-13,16H,2-4,9H2,1H3,(H,22,24)(H,23,25,26,27)/b6-5+. The molecule has 9 nitrogen and oxygen atoms in total. The second-order valence-corrected chi connectivity index (χ2v) is 6.85. The second-order valence-electron chi connectivity index (χ2n) is 6.85. The Bertz CT molecular complexity index is 987.